The summed E-state index contributed by atoms with van der Waals surface area (Å²) in [4.78, 5) is 17.6. The van der Waals surface area contributed by atoms with Gasteiger partial charge in [-0.05, 0) is 20.1 Å². The smallest absolute Gasteiger partial charge is 0.231 e. The third-order valence-corrected chi connectivity index (χ3v) is 3.44. The molecule has 1 heterocycles. The summed E-state index contributed by atoms with van der Waals surface area (Å²) < 4.78 is 0. The van der Waals surface area contributed by atoms with Gasteiger partial charge >= 0.3 is 0 Å². The van der Waals surface area contributed by atoms with Crippen molar-refractivity contribution in [2.75, 3.05) is 60.9 Å². The van der Waals surface area contributed by atoms with Crippen molar-refractivity contribution in [3.05, 3.63) is 0 Å². The lowest BCUT2D eigenvalue weighted by molar-refractivity contribution is 0.800. The number of anilines is 3. The molecule has 0 unspecified atom stereocenters. The van der Waals surface area contributed by atoms with E-state index in [1.54, 1.807) is 0 Å². The summed E-state index contributed by atoms with van der Waals surface area (Å²) >= 11 is 1.82. The maximum atomic E-state index is 4.56. The summed E-state index contributed by atoms with van der Waals surface area (Å²) in [5.41, 5.74) is 0. The monoisotopic (exact) mass is 284 g/mol. The van der Waals surface area contributed by atoms with Crippen molar-refractivity contribution < 1.29 is 0 Å². The lowest BCUT2D eigenvalue weighted by Gasteiger charge is -2.22. The van der Waals surface area contributed by atoms with Crippen LogP contribution in [0.3, 0.4) is 0 Å². The summed E-state index contributed by atoms with van der Waals surface area (Å²) in [5.74, 6) is 3.12. The van der Waals surface area contributed by atoms with E-state index in [-0.39, 0.29) is 0 Å². The van der Waals surface area contributed by atoms with Gasteiger partial charge in [0.05, 0.1) is 0 Å². The lowest BCUT2D eigenvalue weighted by Crippen LogP contribution is -2.28. The first-order valence-electron chi connectivity index (χ1n) is 6.55. The van der Waals surface area contributed by atoms with Crippen LogP contribution in [0.15, 0.2) is 0 Å². The molecule has 0 radical (unpaired) electrons. The molecule has 0 aliphatic heterocycles. The van der Waals surface area contributed by atoms with Gasteiger partial charge in [-0.3, -0.25) is 0 Å². The standard InChI is InChI=1S/C12H24N6S/c1-6-18(7-2)12-15-10(13-3)14-11(16-12)17(4)8-9-19-5/h6-9H2,1-5H3,(H,13,14,15,16). The molecular formula is C12H24N6S. The Balaban J connectivity index is 3.00. The van der Waals surface area contributed by atoms with Gasteiger partial charge in [-0.1, -0.05) is 0 Å². The topological polar surface area (TPSA) is 57.2 Å². The molecule has 0 atom stereocenters. The van der Waals surface area contributed by atoms with E-state index < -0.39 is 0 Å². The second-order valence-corrected chi connectivity index (χ2v) is 5.08. The van der Waals surface area contributed by atoms with Crippen molar-refractivity contribution in [3.8, 4) is 0 Å². The molecule has 0 bridgehead atoms. The van der Waals surface area contributed by atoms with Crippen molar-refractivity contribution in [1.82, 2.24) is 15.0 Å². The molecule has 0 saturated carbocycles. The highest BCUT2D eigenvalue weighted by molar-refractivity contribution is 7.98. The molecule has 1 N–H and O–H groups in total. The van der Waals surface area contributed by atoms with Gasteiger partial charge in [-0.15, -0.1) is 0 Å². The molecule has 0 aliphatic carbocycles. The minimum atomic E-state index is 0.614. The summed E-state index contributed by atoms with van der Waals surface area (Å²) in [6.45, 7) is 6.90. The third kappa shape index (κ3) is 4.41. The molecule has 0 amide bonds. The van der Waals surface area contributed by atoms with Crippen LogP contribution >= 0.6 is 11.8 Å². The van der Waals surface area contributed by atoms with Crippen LogP contribution in [0.2, 0.25) is 0 Å². The van der Waals surface area contributed by atoms with Gasteiger partial charge in [-0.2, -0.15) is 26.7 Å². The van der Waals surface area contributed by atoms with Crippen LogP contribution in [0.5, 0.6) is 0 Å². The molecule has 1 aromatic rings. The number of nitrogens with one attached hydrogen (secondary N) is 1. The van der Waals surface area contributed by atoms with E-state index in [1.165, 1.54) is 0 Å². The molecule has 0 aliphatic rings. The normalized spacial score (nSPS) is 10.4. The summed E-state index contributed by atoms with van der Waals surface area (Å²) in [5, 5.41) is 3.00. The predicted octanol–water partition coefficient (Wildman–Crippen LogP) is 1.56. The molecule has 0 spiro atoms. The van der Waals surface area contributed by atoms with Crippen molar-refractivity contribution >= 4 is 29.6 Å². The Morgan fingerprint density at radius 3 is 2.26 bits per heavy atom. The van der Waals surface area contributed by atoms with Gasteiger partial charge in [0.1, 0.15) is 0 Å². The highest BCUT2D eigenvalue weighted by Crippen LogP contribution is 2.15. The largest absolute Gasteiger partial charge is 0.357 e. The maximum Gasteiger partial charge on any atom is 0.231 e. The minimum Gasteiger partial charge on any atom is -0.357 e. The Hall–Kier alpha value is -1.24. The van der Waals surface area contributed by atoms with Crippen molar-refractivity contribution in [3.63, 3.8) is 0 Å². The molecule has 0 saturated heterocycles. The van der Waals surface area contributed by atoms with Crippen LogP contribution in [0.1, 0.15) is 13.8 Å². The lowest BCUT2D eigenvalue weighted by atomic mass is 10.5. The second-order valence-electron chi connectivity index (χ2n) is 4.10. The number of nitrogens with zero attached hydrogens (tertiary/aromatic N) is 5. The van der Waals surface area contributed by atoms with Gasteiger partial charge < -0.3 is 15.1 Å². The first-order valence-corrected chi connectivity index (χ1v) is 7.94. The average molecular weight is 284 g/mol. The maximum absolute atomic E-state index is 4.56. The van der Waals surface area contributed by atoms with E-state index in [9.17, 15) is 0 Å². The van der Waals surface area contributed by atoms with Crippen LogP contribution in [-0.2, 0) is 0 Å². The Kier molecular flexibility index (Phi) is 6.69. The molecule has 108 valence electrons. The number of rotatable bonds is 8. The number of hydrogen-bond acceptors (Lipinski definition) is 7. The van der Waals surface area contributed by atoms with Gasteiger partial charge in [-0.25, -0.2) is 0 Å². The fraction of sp³-hybridized carbons (Fsp3) is 0.750. The highest BCUT2D eigenvalue weighted by atomic mass is 32.2. The summed E-state index contributed by atoms with van der Waals surface area (Å²) in [6, 6.07) is 0. The summed E-state index contributed by atoms with van der Waals surface area (Å²) in [6.07, 6.45) is 2.10. The van der Waals surface area contributed by atoms with E-state index in [4.69, 9.17) is 0 Å². The quantitative estimate of drug-likeness (QED) is 0.777. The Labute approximate surface area is 120 Å². The average Bonchev–Trinajstić information content (AvgIpc) is 2.45. The Morgan fingerprint density at radius 2 is 1.74 bits per heavy atom. The Morgan fingerprint density at radius 1 is 1.11 bits per heavy atom. The van der Waals surface area contributed by atoms with Crippen LogP contribution < -0.4 is 15.1 Å². The van der Waals surface area contributed by atoms with E-state index in [0.29, 0.717) is 5.95 Å². The fourth-order valence-corrected chi connectivity index (χ4v) is 2.07. The minimum absolute atomic E-state index is 0.614. The predicted molar refractivity (Wildman–Crippen MR) is 84.6 cm³/mol. The van der Waals surface area contributed by atoms with E-state index >= 15 is 0 Å². The SMILES string of the molecule is CCN(CC)c1nc(NC)nc(N(C)CCSC)n1. The molecule has 1 rings (SSSR count). The highest BCUT2D eigenvalue weighted by Gasteiger charge is 2.12. The van der Waals surface area contributed by atoms with Gasteiger partial charge in [0, 0.05) is 39.5 Å². The van der Waals surface area contributed by atoms with Crippen molar-refractivity contribution in [2.24, 2.45) is 0 Å². The molecule has 6 nitrogen and oxygen atoms in total. The molecular weight excluding hydrogens is 260 g/mol. The van der Waals surface area contributed by atoms with Crippen LogP contribution in [-0.4, -0.2) is 60.7 Å². The van der Waals surface area contributed by atoms with Crippen molar-refractivity contribution in [1.29, 1.82) is 0 Å². The number of hydrogen-bond donors (Lipinski definition) is 1. The first kappa shape index (κ1) is 15.8. The molecule has 0 fully saturated rings. The van der Waals surface area contributed by atoms with Crippen molar-refractivity contribution in [2.45, 2.75) is 13.8 Å². The summed E-state index contributed by atoms with van der Waals surface area (Å²) in [7, 11) is 3.84. The number of thioether (sulfide) groups is 1. The third-order valence-electron chi connectivity index (χ3n) is 2.85. The zero-order valence-electron chi connectivity index (χ0n) is 12.5. The van der Waals surface area contributed by atoms with E-state index in [1.807, 2.05) is 25.9 Å². The fourth-order valence-electron chi connectivity index (χ4n) is 1.61. The Bertz CT molecular complexity index is 382. The first-order chi connectivity index (χ1) is 9.15. The molecule has 7 heteroatoms. The van der Waals surface area contributed by atoms with Gasteiger partial charge in [0.2, 0.25) is 17.8 Å². The molecule has 0 aromatic carbocycles. The second kappa shape index (κ2) is 8.04. The van der Waals surface area contributed by atoms with Crippen LogP contribution in [0.25, 0.3) is 0 Å². The molecule has 1 aromatic heterocycles. The van der Waals surface area contributed by atoms with E-state index in [0.717, 1.165) is 37.3 Å². The van der Waals surface area contributed by atoms with E-state index in [2.05, 4.69) is 50.2 Å². The van der Waals surface area contributed by atoms with Gasteiger partial charge in [0.15, 0.2) is 0 Å². The van der Waals surface area contributed by atoms with Crippen LogP contribution in [0, 0.1) is 0 Å². The van der Waals surface area contributed by atoms with Crippen LogP contribution in [0.4, 0.5) is 17.8 Å². The molecule has 19 heavy (non-hydrogen) atoms. The zero-order valence-corrected chi connectivity index (χ0v) is 13.3. The zero-order chi connectivity index (χ0) is 14.3. The number of aromatic nitrogens is 3. The van der Waals surface area contributed by atoms with Gasteiger partial charge in [0.25, 0.3) is 0 Å².